The standard InChI is InChI=1S/C19H28N4O2/c1-22-13-15(12-21-22)18-16(8-9-17(24)23(18)2)19(25)20-11-10-14-6-4-3-5-7-14/h6,12-13,16,18H,3-5,7-11H2,1-2H3,(H,20,25)/t16-,18+/m1/s1. The molecule has 2 aliphatic rings. The number of hydrogen-bond donors (Lipinski definition) is 1. The van der Waals surface area contributed by atoms with Crippen LogP contribution in [0.1, 0.15) is 56.6 Å². The SMILES string of the molecule is CN1C(=O)CC[C@@H](C(=O)NCCC2=CCCCC2)[C@@H]1c1cnn(C)c1. The number of allylic oxidation sites excluding steroid dienone is 1. The highest BCUT2D eigenvalue weighted by molar-refractivity contribution is 5.84. The number of nitrogens with one attached hydrogen (secondary N) is 1. The van der Waals surface area contributed by atoms with Crippen molar-refractivity contribution in [2.45, 2.75) is 51.0 Å². The van der Waals surface area contributed by atoms with Gasteiger partial charge in [0.05, 0.1) is 18.2 Å². The maximum atomic E-state index is 12.8. The zero-order valence-electron chi connectivity index (χ0n) is 15.2. The van der Waals surface area contributed by atoms with Crippen molar-refractivity contribution in [1.29, 1.82) is 0 Å². The quantitative estimate of drug-likeness (QED) is 0.834. The number of rotatable bonds is 5. The Labute approximate surface area is 149 Å². The summed E-state index contributed by atoms with van der Waals surface area (Å²) in [5.74, 6) is -0.0814. The third-order valence-corrected chi connectivity index (χ3v) is 5.39. The van der Waals surface area contributed by atoms with Crippen LogP contribution in [-0.2, 0) is 16.6 Å². The highest BCUT2D eigenvalue weighted by atomic mass is 16.2. The van der Waals surface area contributed by atoms with Gasteiger partial charge in [-0.05, 0) is 38.5 Å². The maximum absolute atomic E-state index is 12.8. The number of hydrogen-bond acceptors (Lipinski definition) is 3. The van der Waals surface area contributed by atoms with Crippen LogP contribution in [0.25, 0.3) is 0 Å². The fourth-order valence-corrected chi connectivity index (χ4v) is 3.97. The number of aryl methyl sites for hydroxylation is 1. The minimum absolute atomic E-state index is 0.0459. The number of carbonyl (C=O) groups excluding carboxylic acids is 2. The summed E-state index contributed by atoms with van der Waals surface area (Å²) in [7, 11) is 3.63. The molecule has 2 amide bonds. The van der Waals surface area contributed by atoms with Crippen LogP contribution >= 0.6 is 0 Å². The van der Waals surface area contributed by atoms with Crippen LogP contribution in [0.3, 0.4) is 0 Å². The minimum Gasteiger partial charge on any atom is -0.355 e. The predicted molar refractivity (Wildman–Crippen MR) is 95.6 cm³/mol. The predicted octanol–water partition coefficient (Wildman–Crippen LogP) is 2.34. The number of nitrogens with zero attached hydrogens (tertiary/aromatic N) is 3. The Bertz CT molecular complexity index is 664. The largest absolute Gasteiger partial charge is 0.355 e. The molecule has 0 spiro atoms. The fraction of sp³-hybridized carbons (Fsp3) is 0.632. The van der Waals surface area contributed by atoms with Crippen LogP contribution < -0.4 is 5.32 Å². The summed E-state index contributed by atoms with van der Waals surface area (Å²) in [5.41, 5.74) is 2.39. The van der Waals surface area contributed by atoms with Gasteiger partial charge in [-0.15, -0.1) is 0 Å². The van der Waals surface area contributed by atoms with Crippen molar-refractivity contribution in [3.05, 3.63) is 29.6 Å². The lowest BCUT2D eigenvalue weighted by molar-refractivity contribution is -0.141. The van der Waals surface area contributed by atoms with Crippen LogP contribution in [0, 0.1) is 5.92 Å². The van der Waals surface area contributed by atoms with Crippen LogP contribution in [-0.4, -0.2) is 40.1 Å². The molecule has 1 aliphatic heterocycles. The Morgan fingerprint density at radius 1 is 1.32 bits per heavy atom. The van der Waals surface area contributed by atoms with Gasteiger partial charge in [0, 0.05) is 38.8 Å². The maximum Gasteiger partial charge on any atom is 0.225 e. The second-order valence-electron chi connectivity index (χ2n) is 7.19. The Morgan fingerprint density at radius 3 is 2.84 bits per heavy atom. The number of piperidine rings is 1. The van der Waals surface area contributed by atoms with E-state index in [4.69, 9.17) is 0 Å². The van der Waals surface area contributed by atoms with E-state index >= 15 is 0 Å². The first-order valence-corrected chi connectivity index (χ1v) is 9.26. The van der Waals surface area contributed by atoms with Crippen molar-refractivity contribution < 1.29 is 9.59 Å². The molecule has 136 valence electrons. The number of aromatic nitrogens is 2. The van der Waals surface area contributed by atoms with Gasteiger partial charge in [0.25, 0.3) is 0 Å². The van der Waals surface area contributed by atoms with Gasteiger partial charge in [-0.25, -0.2) is 0 Å². The lowest BCUT2D eigenvalue weighted by Gasteiger charge is -2.37. The average molecular weight is 344 g/mol. The smallest absolute Gasteiger partial charge is 0.225 e. The molecule has 3 rings (SSSR count). The van der Waals surface area contributed by atoms with Crippen molar-refractivity contribution in [2.75, 3.05) is 13.6 Å². The summed E-state index contributed by atoms with van der Waals surface area (Å²) in [6.45, 7) is 0.679. The summed E-state index contributed by atoms with van der Waals surface area (Å²) < 4.78 is 1.72. The summed E-state index contributed by atoms with van der Waals surface area (Å²) >= 11 is 0. The molecule has 0 unspecified atom stereocenters. The van der Waals surface area contributed by atoms with Gasteiger partial charge in [-0.2, -0.15) is 5.10 Å². The Morgan fingerprint density at radius 2 is 2.16 bits per heavy atom. The van der Waals surface area contributed by atoms with E-state index in [0.29, 0.717) is 19.4 Å². The first kappa shape index (κ1) is 17.7. The van der Waals surface area contributed by atoms with Crippen LogP contribution in [0.4, 0.5) is 0 Å². The monoisotopic (exact) mass is 344 g/mol. The van der Waals surface area contributed by atoms with E-state index in [0.717, 1.165) is 18.4 Å². The number of amides is 2. The van der Waals surface area contributed by atoms with Crippen molar-refractivity contribution in [3.63, 3.8) is 0 Å². The highest BCUT2D eigenvalue weighted by Gasteiger charge is 2.39. The van der Waals surface area contributed by atoms with Crippen LogP contribution in [0.2, 0.25) is 0 Å². The molecule has 1 aromatic heterocycles. The normalized spacial score (nSPS) is 24.2. The van der Waals surface area contributed by atoms with Gasteiger partial charge in [-0.3, -0.25) is 14.3 Å². The third-order valence-electron chi connectivity index (χ3n) is 5.39. The van der Waals surface area contributed by atoms with Gasteiger partial charge in [0.15, 0.2) is 0 Å². The van der Waals surface area contributed by atoms with Gasteiger partial charge < -0.3 is 10.2 Å². The van der Waals surface area contributed by atoms with Crippen molar-refractivity contribution in [1.82, 2.24) is 20.0 Å². The summed E-state index contributed by atoms with van der Waals surface area (Å²) in [6, 6.07) is -0.233. The molecule has 0 saturated carbocycles. The zero-order chi connectivity index (χ0) is 17.8. The molecule has 2 atom stereocenters. The molecule has 1 fully saturated rings. The average Bonchev–Trinajstić information content (AvgIpc) is 3.04. The van der Waals surface area contributed by atoms with Gasteiger partial charge >= 0.3 is 0 Å². The zero-order valence-corrected chi connectivity index (χ0v) is 15.2. The van der Waals surface area contributed by atoms with E-state index < -0.39 is 0 Å². The molecular formula is C19H28N4O2. The molecule has 1 N–H and O–H groups in total. The third kappa shape index (κ3) is 4.11. The van der Waals surface area contributed by atoms with Crippen LogP contribution in [0.5, 0.6) is 0 Å². The number of carbonyl (C=O) groups is 2. The van der Waals surface area contributed by atoms with Gasteiger partial charge in [0.1, 0.15) is 0 Å². The minimum atomic E-state index is -0.233. The molecule has 1 aliphatic carbocycles. The molecule has 25 heavy (non-hydrogen) atoms. The van der Waals surface area contributed by atoms with E-state index in [1.165, 1.54) is 24.8 Å². The molecule has 6 nitrogen and oxygen atoms in total. The van der Waals surface area contributed by atoms with Gasteiger partial charge in [0.2, 0.25) is 11.8 Å². The Hall–Kier alpha value is -2.11. The topological polar surface area (TPSA) is 67.2 Å². The molecule has 0 radical (unpaired) electrons. The molecule has 6 heteroatoms. The van der Waals surface area contributed by atoms with Gasteiger partial charge in [-0.1, -0.05) is 11.6 Å². The Kier molecular flexibility index (Phi) is 5.56. The summed E-state index contributed by atoms with van der Waals surface area (Å²) in [4.78, 5) is 26.6. The second-order valence-corrected chi connectivity index (χ2v) is 7.19. The van der Waals surface area contributed by atoms with Crippen molar-refractivity contribution in [3.8, 4) is 0 Å². The van der Waals surface area contributed by atoms with E-state index in [2.05, 4.69) is 16.5 Å². The van der Waals surface area contributed by atoms with Crippen molar-refractivity contribution >= 4 is 11.8 Å². The number of likely N-dealkylation sites (tertiary alicyclic amines) is 1. The van der Waals surface area contributed by atoms with E-state index in [1.807, 2.05) is 13.2 Å². The van der Waals surface area contributed by atoms with Crippen molar-refractivity contribution in [2.24, 2.45) is 13.0 Å². The molecule has 1 saturated heterocycles. The van der Waals surface area contributed by atoms with E-state index in [9.17, 15) is 9.59 Å². The fourth-order valence-electron chi connectivity index (χ4n) is 3.97. The second kappa shape index (κ2) is 7.85. The molecule has 0 aromatic carbocycles. The highest BCUT2D eigenvalue weighted by Crippen LogP contribution is 2.35. The summed E-state index contributed by atoms with van der Waals surface area (Å²) in [5, 5.41) is 7.30. The first-order valence-electron chi connectivity index (χ1n) is 9.26. The molecule has 2 heterocycles. The lowest BCUT2D eigenvalue weighted by atomic mass is 9.85. The van der Waals surface area contributed by atoms with E-state index in [-0.39, 0.29) is 23.8 Å². The van der Waals surface area contributed by atoms with Crippen LogP contribution in [0.15, 0.2) is 24.0 Å². The lowest BCUT2D eigenvalue weighted by Crippen LogP contribution is -2.46. The molecule has 0 bridgehead atoms. The summed E-state index contributed by atoms with van der Waals surface area (Å²) in [6.07, 6.45) is 12.8. The van der Waals surface area contributed by atoms with E-state index in [1.54, 1.807) is 22.8 Å². The first-order chi connectivity index (χ1) is 12.1. The Balaban J connectivity index is 1.64. The molecular weight excluding hydrogens is 316 g/mol. The molecule has 1 aromatic rings.